The van der Waals surface area contributed by atoms with Gasteiger partial charge >= 0.3 is 0 Å². The van der Waals surface area contributed by atoms with E-state index in [2.05, 4.69) is 4.72 Å². The highest BCUT2D eigenvalue weighted by Gasteiger charge is 2.23. The first-order valence-electron chi connectivity index (χ1n) is 4.42. The zero-order chi connectivity index (χ0) is 10.8. The molecule has 0 radical (unpaired) electrons. The fourth-order valence-electron chi connectivity index (χ4n) is 1.47. The summed E-state index contributed by atoms with van der Waals surface area (Å²) in [4.78, 5) is 1.64. The molecule has 0 saturated carbocycles. The Kier molecular flexibility index (Phi) is 3.06. The smallest absolute Gasteiger partial charge is 0.147 e. The second-order valence-corrected chi connectivity index (χ2v) is 3.96. The zero-order valence-electron chi connectivity index (χ0n) is 7.77. The second kappa shape index (κ2) is 4.32. The van der Waals surface area contributed by atoms with Gasteiger partial charge in [-0.1, -0.05) is 0 Å². The molecular formula is C9H9F3N2S. The van der Waals surface area contributed by atoms with Crippen molar-refractivity contribution in [3.63, 3.8) is 0 Å². The summed E-state index contributed by atoms with van der Waals surface area (Å²) in [5.41, 5.74) is 0.149. The van der Waals surface area contributed by atoms with Gasteiger partial charge < -0.3 is 4.90 Å². The van der Waals surface area contributed by atoms with Crippen LogP contribution in [0.5, 0.6) is 0 Å². The summed E-state index contributed by atoms with van der Waals surface area (Å²) in [6.45, 7) is -0.232. The lowest BCUT2D eigenvalue weighted by Gasteiger charge is -2.30. The Morgan fingerprint density at radius 1 is 1.33 bits per heavy atom. The van der Waals surface area contributed by atoms with Gasteiger partial charge in [0.15, 0.2) is 0 Å². The van der Waals surface area contributed by atoms with Crippen molar-refractivity contribution in [3.05, 3.63) is 23.8 Å². The molecule has 1 aliphatic rings. The Morgan fingerprint density at radius 3 is 2.80 bits per heavy atom. The van der Waals surface area contributed by atoms with E-state index >= 15 is 0 Å². The van der Waals surface area contributed by atoms with Gasteiger partial charge in [0.2, 0.25) is 0 Å². The molecular weight excluding hydrogens is 225 g/mol. The van der Waals surface area contributed by atoms with Crippen molar-refractivity contribution in [2.45, 2.75) is 4.90 Å². The van der Waals surface area contributed by atoms with Crippen LogP contribution >= 0.6 is 11.9 Å². The molecule has 0 fully saturated rings. The fourth-order valence-corrected chi connectivity index (χ4v) is 2.32. The quantitative estimate of drug-likeness (QED) is 0.790. The number of benzene rings is 1. The van der Waals surface area contributed by atoms with Crippen molar-refractivity contribution in [2.75, 3.05) is 24.8 Å². The molecule has 0 amide bonds. The number of rotatable bonds is 2. The Labute approximate surface area is 89.6 Å². The standard InChI is InChI=1S/C9H9F3N2S/c10-3-4-14-5-13-15-9-7(12)2-1-6(11)8(9)14/h1-2,13H,3-5H2. The van der Waals surface area contributed by atoms with Crippen LogP contribution in [0, 0.1) is 11.6 Å². The van der Waals surface area contributed by atoms with Crippen molar-refractivity contribution in [1.29, 1.82) is 0 Å². The number of nitrogens with one attached hydrogen (secondary N) is 1. The van der Waals surface area contributed by atoms with Crippen molar-refractivity contribution < 1.29 is 13.2 Å². The molecule has 1 aliphatic heterocycles. The van der Waals surface area contributed by atoms with Gasteiger partial charge in [0.1, 0.15) is 18.3 Å². The molecule has 0 aliphatic carbocycles. The fraction of sp³-hybridized carbons (Fsp3) is 0.333. The summed E-state index contributed by atoms with van der Waals surface area (Å²) in [5, 5.41) is 0. The molecule has 15 heavy (non-hydrogen) atoms. The van der Waals surface area contributed by atoms with Crippen molar-refractivity contribution >= 4 is 17.6 Å². The lowest BCUT2D eigenvalue weighted by Crippen LogP contribution is -2.37. The Hall–Kier alpha value is -0.880. The molecule has 1 heterocycles. The third-order valence-corrected chi connectivity index (χ3v) is 3.00. The monoisotopic (exact) mass is 234 g/mol. The Bertz CT molecular complexity index is 373. The first-order valence-corrected chi connectivity index (χ1v) is 5.24. The van der Waals surface area contributed by atoms with Crippen molar-refractivity contribution in [3.8, 4) is 0 Å². The predicted octanol–water partition coefficient (Wildman–Crippen LogP) is 2.31. The summed E-state index contributed by atoms with van der Waals surface area (Å²) in [5.74, 6) is -1.01. The average molecular weight is 234 g/mol. The maximum Gasteiger partial charge on any atom is 0.147 e. The van der Waals surface area contributed by atoms with E-state index in [0.717, 1.165) is 24.1 Å². The van der Waals surface area contributed by atoms with E-state index in [-0.39, 0.29) is 17.1 Å². The second-order valence-electron chi connectivity index (χ2n) is 3.06. The zero-order valence-corrected chi connectivity index (χ0v) is 8.58. The largest absolute Gasteiger partial charge is 0.352 e. The van der Waals surface area contributed by atoms with Crippen LogP contribution in [-0.4, -0.2) is 19.9 Å². The highest BCUT2D eigenvalue weighted by Crippen LogP contribution is 2.36. The number of hydrogen-bond donors (Lipinski definition) is 1. The third kappa shape index (κ3) is 1.91. The topological polar surface area (TPSA) is 15.3 Å². The molecule has 1 aromatic carbocycles. The summed E-state index contributed by atoms with van der Waals surface area (Å²) in [6.07, 6.45) is 0. The van der Waals surface area contributed by atoms with Crippen LogP contribution in [-0.2, 0) is 0 Å². The minimum Gasteiger partial charge on any atom is -0.352 e. The molecule has 1 aromatic rings. The molecule has 0 aromatic heterocycles. The van der Waals surface area contributed by atoms with Crippen LogP contribution in [0.1, 0.15) is 0 Å². The van der Waals surface area contributed by atoms with Crippen LogP contribution in [0.3, 0.4) is 0 Å². The number of halogens is 3. The summed E-state index contributed by atoms with van der Waals surface area (Å²) in [6, 6.07) is 2.13. The van der Waals surface area contributed by atoms with Gasteiger partial charge in [-0.3, -0.25) is 0 Å². The van der Waals surface area contributed by atoms with Gasteiger partial charge in [0, 0.05) is 6.54 Å². The van der Waals surface area contributed by atoms with Crippen LogP contribution in [0.15, 0.2) is 17.0 Å². The number of nitrogens with zero attached hydrogens (tertiary/aromatic N) is 1. The summed E-state index contributed by atoms with van der Waals surface area (Å²) < 4.78 is 41.8. The minimum atomic E-state index is -0.595. The van der Waals surface area contributed by atoms with Crippen LogP contribution < -0.4 is 9.62 Å². The van der Waals surface area contributed by atoms with Gasteiger partial charge in [-0.05, 0) is 24.1 Å². The van der Waals surface area contributed by atoms with E-state index in [4.69, 9.17) is 0 Å². The number of alkyl halides is 1. The molecule has 0 atom stereocenters. The average Bonchev–Trinajstić information content (AvgIpc) is 2.24. The lowest BCUT2D eigenvalue weighted by molar-refractivity contribution is 0.481. The van der Waals surface area contributed by atoms with Crippen LogP contribution in [0.2, 0.25) is 0 Å². The molecule has 0 bridgehead atoms. The molecule has 2 nitrogen and oxygen atoms in total. The molecule has 2 rings (SSSR count). The molecule has 0 unspecified atom stereocenters. The van der Waals surface area contributed by atoms with Gasteiger partial charge in [-0.2, -0.15) is 0 Å². The third-order valence-electron chi connectivity index (χ3n) is 2.13. The molecule has 1 N–H and O–H groups in total. The normalized spacial score (nSPS) is 15.3. The predicted molar refractivity (Wildman–Crippen MR) is 53.5 cm³/mol. The minimum absolute atomic E-state index is 0.0565. The number of hydrogen-bond acceptors (Lipinski definition) is 3. The van der Waals surface area contributed by atoms with Crippen LogP contribution in [0.4, 0.5) is 18.9 Å². The van der Waals surface area contributed by atoms with Gasteiger partial charge in [-0.15, -0.1) is 0 Å². The number of anilines is 1. The van der Waals surface area contributed by atoms with E-state index in [1.54, 1.807) is 0 Å². The van der Waals surface area contributed by atoms with E-state index < -0.39 is 18.3 Å². The molecule has 6 heteroatoms. The van der Waals surface area contributed by atoms with Gasteiger partial charge in [-0.25, -0.2) is 17.9 Å². The summed E-state index contributed by atoms with van der Waals surface area (Å²) >= 11 is 1.03. The van der Waals surface area contributed by atoms with Crippen molar-refractivity contribution in [2.24, 2.45) is 0 Å². The highest BCUT2D eigenvalue weighted by molar-refractivity contribution is 7.97. The van der Waals surface area contributed by atoms with Gasteiger partial charge in [0.25, 0.3) is 0 Å². The first-order chi connectivity index (χ1) is 7.24. The van der Waals surface area contributed by atoms with E-state index in [9.17, 15) is 13.2 Å². The SMILES string of the molecule is FCCN1CNSc2c(F)ccc(F)c21. The van der Waals surface area contributed by atoms with E-state index in [1.165, 1.54) is 4.90 Å². The highest BCUT2D eigenvalue weighted by atomic mass is 32.2. The Morgan fingerprint density at radius 2 is 2.07 bits per heavy atom. The summed E-state index contributed by atoms with van der Waals surface area (Å²) in [7, 11) is 0. The van der Waals surface area contributed by atoms with Crippen LogP contribution in [0.25, 0.3) is 0 Å². The molecule has 82 valence electrons. The van der Waals surface area contributed by atoms with Crippen molar-refractivity contribution in [1.82, 2.24) is 4.72 Å². The van der Waals surface area contributed by atoms with E-state index in [0.29, 0.717) is 6.67 Å². The maximum absolute atomic E-state index is 13.5. The van der Waals surface area contributed by atoms with E-state index in [1.807, 2.05) is 0 Å². The first kappa shape index (κ1) is 10.6. The molecule has 0 saturated heterocycles. The molecule has 0 spiro atoms. The number of fused-ring (bicyclic) bond motifs is 1. The van der Waals surface area contributed by atoms with Gasteiger partial charge in [0.05, 0.1) is 17.3 Å². The Balaban J connectivity index is 2.45. The maximum atomic E-state index is 13.5. The lowest BCUT2D eigenvalue weighted by atomic mass is 10.2.